The first-order chi connectivity index (χ1) is 7.99. The summed E-state index contributed by atoms with van der Waals surface area (Å²) in [7, 11) is -3.63. The summed E-state index contributed by atoms with van der Waals surface area (Å²) >= 11 is 4.42. The molecule has 0 atom stereocenters. The van der Waals surface area contributed by atoms with Gasteiger partial charge in [-0.15, -0.1) is 11.3 Å². The van der Waals surface area contributed by atoms with Gasteiger partial charge in [-0.05, 0) is 34.1 Å². The van der Waals surface area contributed by atoms with Crippen LogP contribution in [0.15, 0.2) is 39.1 Å². The standard InChI is InChI=1S/C9H8BrN3O2S2/c10-7-2-1-6(5-8(7)11)17(14,15)13-9-12-3-4-16-9/h1-5H,11H2,(H,12,13). The second kappa shape index (κ2) is 4.63. The molecular formula is C9H8BrN3O2S2. The summed E-state index contributed by atoms with van der Waals surface area (Å²) in [5.41, 5.74) is 6.01. The molecule has 5 nitrogen and oxygen atoms in total. The minimum absolute atomic E-state index is 0.105. The van der Waals surface area contributed by atoms with E-state index in [9.17, 15) is 8.42 Å². The number of hydrogen-bond acceptors (Lipinski definition) is 5. The van der Waals surface area contributed by atoms with Crippen LogP contribution in [-0.2, 0) is 10.0 Å². The lowest BCUT2D eigenvalue weighted by molar-refractivity contribution is 0.601. The van der Waals surface area contributed by atoms with E-state index < -0.39 is 10.0 Å². The van der Waals surface area contributed by atoms with E-state index in [0.717, 1.165) is 0 Å². The van der Waals surface area contributed by atoms with Gasteiger partial charge in [-0.1, -0.05) is 0 Å². The molecule has 0 bridgehead atoms. The smallest absolute Gasteiger partial charge is 0.263 e. The van der Waals surface area contributed by atoms with Crippen molar-refractivity contribution in [3.63, 3.8) is 0 Å². The zero-order valence-electron chi connectivity index (χ0n) is 8.42. The Kier molecular flexibility index (Phi) is 3.36. The molecule has 17 heavy (non-hydrogen) atoms. The third kappa shape index (κ3) is 2.76. The van der Waals surface area contributed by atoms with Crippen LogP contribution in [0.3, 0.4) is 0 Å². The van der Waals surface area contributed by atoms with Crippen LogP contribution in [0.1, 0.15) is 0 Å². The summed E-state index contributed by atoms with van der Waals surface area (Å²) in [6, 6.07) is 4.45. The van der Waals surface area contributed by atoms with Crippen LogP contribution in [-0.4, -0.2) is 13.4 Å². The second-order valence-corrected chi connectivity index (χ2v) is 6.56. The monoisotopic (exact) mass is 333 g/mol. The van der Waals surface area contributed by atoms with Crippen LogP contribution in [0.4, 0.5) is 10.8 Å². The number of nitrogen functional groups attached to an aromatic ring is 1. The average Bonchev–Trinajstić information content (AvgIpc) is 2.73. The highest BCUT2D eigenvalue weighted by atomic mass is 79.9. The van der Waals surface area contributed by atoms with Crippen LogP contribution >= 0.6 is 27.3 Å². The van der Waals surface area contributed by atoms with E-state index in [1.165, 1.54) is 29.7 Å². The fourth-order valence-corrected chi connectivity index (χ4v) is 3.21. The number of aromatic nitrogens is 1. The number of hydrogen-bond donors (Lipinski definition) is 2. The molecule has 2 aromatic rings. The Morgan fingerprint density at radius 3 is 2.76 bits per heavy atom. The summed E-state index contributed by atoms with van der Waals surface area (Å²) in [6.45, 7) is 0. The number of rotatable bonds is 3. The number of sulfonamides is 1. The molecule has 0 fully saturated rings. The summed E-state index contributed by atoms with van der Waals surface area (Å²) in [5.74, 6) is 0. The van der Waals surface area contributed by atoms with Gasteiger partial charge >= 0.3 is 0 Å². The Morgan fingerprint density at radius 1 is 1.41 bits per heavy atom. The Hall–Kier alpha value is -1.12. The number of halogens is 1. The predicted octanol–water partition coefficient (Wildman–Crippen LogP) is 2.29. The second-order valence-electron chi connectivity index (χ2n) is 3.13. The van der Waals surface area contributed by atoms with E-state index in [4.69, 9.17) is 5.73 Å². The molecule has 1 aromatic carbocycles. The van der Waals surface area contributed by atoms with Crippen molar-refractivity contribution in [2.24, 2.45) is 0 Å². The molecule has 90 valence electrons. The van der Waals surface area contributed by atoms with Gasteiger partial charge in [0, 0.05) is 21.7 Å². The Balaban J connectivity index is 2.35. The van der Waals surface area contributed by atoms with Gasteiger partial charge in [-0.25, -0.2) is 13.4 Å². The van der Waals surface area contributed by atoms with Crippen LogP contribution < -0.4 is 10.5 Å². The van der Waals surface area contributed by atoms with E-state index in [2.05, 4.69) is 25.6 Å². The van der Waals surface area contributed by atoms with Gasteiger partial charge in [0.05, 0.1) is 4.90 Å². The van der Waals surface area contributed by atoms with Gasteiger partial charge in [0.25, 0.3) is 10.0 Å². The number of nitrogens with one attached hydrogen (secondary N) is 1. The van der Waals surface area contributed by atoms with Crippen LogP contribution in [0.2, 0.25) is 0 Å². The first kappa shape index (κ1) is 12.3. The third-order valence-electron chi connectivity index (χ3n) is 1.93. The van der Waals surface area contributed by atoms with Crippen molar-refractivity contribution in [3.8, 4) is 0 Å². The summed E-state index contributed by atoms with van der Waals surface area (Å²) in [6.07, 6.45) is 1.53. The number of benzene rings is 1. The highest BCUT2D eigenvalue weighted by molar-refractivity contribution is 9.10. The molecule has 0 saturated heterocycles. The van der Waals surface area contributed by atoms with Crippen molar-refractivity contribution in [2.45, 2.75) is 4.90 Å². The van der Waals surface area contributed by atoms with Gasteiger partial charge in [0.2, 0.25) is 0 Å². The maximum Gasteiger partial charge on any atom is 0.263 e. The molecule has 0 unspecified atom stereocenters. The van der Waals surface area contributed by atoms with E-state index in [1.807, 2.05) is 0 Å². The molecular weight excluding hydrogens is 326 g/mol. The van der Waals surface area contributed by atoms with Crippen molar-refractivity contribution < 1.29 is 8.42 Å². The van der Waals surface area contributed by atoms with Crippen LogP contribution in [0.5, 0.6) is 0 Å². The lowest BCUT2D eigenvalue weighted by Gasteiger charge is -2.06. The van der Waals surface area contributed by atoms with Gasteiger partial charge in [-0.3, -0.25) is 4.72 Å². The summed E-state index contributed by atoms with van der Waals surface area (Å²) in [5, 5.41) is 2.01. The van der Waals surface area contributed by atoms with Crippen LogP contribution in [0, 0.1) is 0 Å². The zero-order valence-corrected chi connectivity index (χ0v) is 11.6. The topological polar surface area (TPSA) is 85.1 Å². The fraction of sp³-hybridized carbons (Fsp3) is 0. The first-order valence-electron chi connectivity index (χ1n) is 4.46. The van der Waals surface area contributed by atoms with Gasteiger partial charge in [0.1, 0.15) is 0 Å². The molecule has 1 heterocycles. The molecule has 2 rings (SSSR count). The van der Waals surface area contributed by atoms with E-state index >= 15 is 0 Å². The van der Waals surface area contributed by atoms with Crippen LogP contribution in [0.25, 0.3) is 0 Å². The molecule has 0 spiro atoms. The fourth-order valence-electron chi connectivity index (χ4n) is 1.14. The first-order valence-corrected chi connectivity index (χ1v) is 7.62. The Labute approximate surface area is 111 Å². The molecule has 0 saturated carbocycles. The molecule has 0 aliphatic carbocycles. The average molecular weight is 334 g/mol. The number of nitrogens with two attached hydrogens (primary N) is 1. The Morgan fingerprint density at radius 2 is 2.18 bits per heavy atom. The quantitative estimate of drug-likeness (QED) is 0.844. The highest BCUT2D eigenvalue weighted by Crippen LogP contribution is 2.24. The Bertz CT molecular complexity index is 626. The van der Waals surface area contributed by atoms with Crippen molar-refractivity contribution >= 4 is 48.1 Å². The van der Waals surface area contributed by atoms with E-state index in [0.29, 0.717) is 15.3 Å². The molecule has 8 heteroatoms. The summed E-state index contributed by atoms with van der Waals surface area (Å²) < 4.78 is 26.9. The lowest BCUT2D eigenvalue weighted by Crippen LogP contribution is -2.13. The minimum Gasteiger partial charge on any atom is -0.398 e. The highest BCUT2D eigenvalue weighted by Gasteiger charge is 2.16. The van der Waals surface area contributed by atoms with Crippen molar-refractivity contribution in [3.05, 3.63) is 34.2 Å². The molecule has 0 amide bonds. The molecule has 0 aliphatic heterocycles. The predicted molar refractivity (Wildman–Crippen MR) is 71.5 cm³/mol. The number of thiazole rings is 1. The summed E-state index contributed by atoms with van der Waals surface area (Å²) in [4.78, 5) is 3.96. The maximum atomic E-state index is 11.9. The van der Waals surface area contributed by atoms with Gasteiger partial charge in [0.15, 0.2) is 5.13 Å². The van der Waals surface area contributed by atoms with Gasteiger partial charge in [-0.2, -0.15) is 0 Å². The third-order valence-corrected chi connectivity index (χ3v) is 4.81. The zero-order chi connectivity index (χ0) is 12.5. The van der Waals surface area contributed by atoms with Gasteiger partial charge < -0.3 is 5.73 Å². The maximum absolute atomic E-state index is 11.9. The van der Waals surface area contributed by atoms with Crippen molar-refractivity contribution in [1.29, 1.82) is 0 Å². The van der Waals surface area contributed by atoms with E-state index in [-0.39, 0.29) is 4.90 Å². The largest absolute Gasteiger partial charge is 0.398 e. The lowest BCUT2D eigenvalue weighted by atomic mass is 10.3. The van der Waals surface area contributed by atoms with Crippen molar-refractivity contribution in [2.75, 3.05) is 10.5 Å². The normalized spacial score (nSPS) is 11.4. The molecule has 0 aliphatic rings. The molecule has 1 aromatic heterocycles. The SMILES string of the molecule is Nc1cc(S(=O)(=O)Nc2nccs2)ccc1Br. The van der Waals surface area contributed by atoms with E-state index in [1.54, 1.807) is 11.4 Å². The molecule has 3 N–H and O–H groups in total. The number of anilines is 2. The van der Waals surface area contributed by atoms with Crippen molar-refractivity contribution in [1.82, 2.24) is 4.98 Å². The minimum atomic E-state index is -3.63. The molecule has 0 radical (unpaired) electrons. The number of nitrogens with zero attached hydrogens (tertiary/aromatic N) is 1.